The van der Waals surface area contributed by atoms with E-state index in [4.69, 9.17) is 0 Å². The third-order valence-corrected chi connectivity index (χ3v) is 4.04. The molecule has 0 radical (unpaired) electrons. The average Bonchev–Trinajstić information content (AvgIpc) is 2.37. The van der Waals surface area contributed by atoms with Crippen molar-refractivity contribution < 1.29 is 0 Å². The van der Waals surface area contributed by atoms with Crippen molar-refractivity contribution in [2.75, 3.05) is 13.1 Å². The summed E-state index contributed by atoms with van der Waals surface area (Å²) in [6.45, 7) is 17.3. The summed E-state index contributed by atoms with van der Waals surface area (Å²) in [6.07, 6.45) is 0. The monoisotopic (exact) mass is 248 g/mol. The number of rotatable bonds is 6. The molecule has 102 valence electrons. The smallest absolute Gasteiger partial charge is 0.0210 e. The molecule has 1 aromatic carbocycles. The van der Waals surface area contributed by atoms with Crippen LogP contribution >= 0.6 is 0 Å². The maximum absolute atomic E-state index is 3.45. The van der Waals surface area contributed by atoms with Gasteiger partial charge >= 0.3 is 0 Å². The number of benzene rings is 1. The molecular formula is C16H28N2. The predicted octanol–water partition coefficient (Wildman–Crippen LogP) is 3.14. The van der Waals surface area contributed by atoms with Crippen molar-refractivity contribution in [1.82, 2.24) is 10.6 Å². The van der Waals surface area contributed by atoms with E-state index < -0.39 is 0 Å². The third-order valence-electron chi connectivity index (χ3n) is 4.04. The van der Waals surface area contributed by atoms with E-state index in [1.54, 1.807) is 0 Å². The summed E-state index contributed by atoms with van der Waals surface area (Å²) in [5.41, 5.74) is 8.76. The van der Waals surface area contributed by atoms with Crippen LogP contribution in [-0.2, 0) is 13.1 Å². The lowest BCUT2D eigenvalue weighted by atomic mass is 9.88. The largest absolute Gasteiger partial charge is 0.313 e. The molecule has 0 aliphatic rings. The van der Waals surface area contributed by atoms with Gasteiger partial charge in [0.25, 0.3) is 0 Å². The first-order valence-corrected chi connectivity index (χ1v) is 7.04. The Labute approximate surface area is 112 Å². The molecule has 2 nitrogen and oxygen atoms in total. The molecule has 18 heavy (non-hydrogen) atoms. The molecule has 0 aliphatic heterocycles. The van der Waals surface area contributed by atoms with Gasteiger partial charge in [-0.1, -0.05) is 13.8 Å². The Morgan fingerprint density at radius 1 is 0.611 bits per heavy atom. The average molecular weight is 248 g/mol. The van der Waals surface area contributed by atoms with E-state index >= 15 is 0 Å². The third kappa shape index (κ3) is 3.12. The molecule has 2 N–H and O–H groups in total. The van der Waals surface area contributed by atoms with Crippen LogP contribution in [0.5, 0.6) is 0 Å². The van der Waals surface area contributed by atoms with E-state index in [0.29, 0.717) is 0 Å². The molecule has 0 atom stereocenters. The van der Waals surface area contributed by atoms with Gasteiger partial charge in [-0.3, -0.25) is 0 Å². The van der Waals surface area contributed by atoms with Gasteiger partial charge in [-0.2, -0.15) is 0 Å². The number of nitrogens with one attached hydrogen (secondary N) is 2. The Balaban J connectivity index is 3.18. The minimum atomic E-state index is 0.983. The zero-order valence-corrected chi connectivity index (χ0v) is 12.8. The van der Waals surface area contributed by atoms with Crippen molar-refractivity contribution in [1.29, 1.82) is 0 Å². The molecular weight excluding hydrogens is 220 g/mol. The molecule has 0 heterocycles. The van der Waals surface area contributed by atoms with E-state index in [1.165, 1.54) is 33.4 Å². The van der Waals surface area contributed by atoms with E-state index in [9.17, 15) is 0 Å². The van der Waals surface area contributed by atoms with Crippen molar-refractivity contribution in [3.8, 4) is 0 Å². The second kappa shape index (κ2) is 6.91. The van der Waals surface area contributed by atoms with E-state index in [1.807, 2.05) is 0 Å². The van der Waals surface area contributed by atoms with E-state index in [-0.39, 0.29) is 0 Å². The molecule has 0 aliphatic carbocycles. The Morgan fingerprint density at radius 3 is 1.11 bits per heavy atom. The summed E-state index contributed by atoms with van der Waals surface area (Å²) in [5, 5.41) is 6.90. The molecule has 0 fully saturated rings. The summed E-state index contributed by atoms with van der Waals surface area (Å²) in [5.74, 6) is 0. The van der Waals surface area contributed by atoms with Crippen molar-refractivity contribution >= 4 is 0 Å². The van der Waals surface area contributed by atoms with Crippen LogP contribution < -0.4 is 10.6 Å². The van der Waals surface area contributed by atoms with Crippen LogP contribution in [0.25, 0.3) is 0 Å². The van der Waals surface area contributed by atoms with Gasteiger partial charge in [-0.05, 0) is 74.2 Å². The summed E-state index contributed by atoms with van der Waals surface area (Å²) < 4.78 is 0. The molecule has 0 spiro atoms. The maximum atomic E-state index is 3.45. The first-order chi connectivity index (χ1) is 8.54. The molecule has 0 saturated heterocycles. The predicted molar refractivity (Wildman–Crippen MR) is 80.2 cm³/mol. The Hall–Kier alpha value is -0.860. The highest BCUT2D eigenvalue weighted by Crippen LogP contribution is 2.26. The summed E-state index contributed by atoms with van der Waals surface area (Å²) in [4.78, 5) is 0. The van der Waals surface area contributed by atoms with Gasteiger partial charge in [0.2, 0.25) is 0 Å². The van der Waals surface area contributed by atoms with Crippen molar-refractivity contribution in [2.45, 2.75) is 54.6 Å². The molecule has 2 heteroatoms. The summed E-state index contributed by atoms with van der Waals surface area (Å²) in [6, 6.07) is 0. The lowest BCUT2D eigenvalue weighted by molar-refractivity contribution is 0.704. The quantitative estimate of drug-likeness (QED) is 0.808. The fourth-order valence-electron chi connectivity index (χ4n) is 2.50. The molecule has 0 aromatic heterocycles. The normalized spacial score (nSPS) is 11.0. The maximum Gasteiger partial charge on any atom is 0.0210 e. The van der Waals surface area contributed by atoms with Crippen LogP contribution in [0, 0.1) is 27.7 Å². The first-order valence-electron chi connectivity index (χ1n) is 7.04. The molecule has 0 amide bonds. The zero-order valence-electron chi connectivity index (χ0n) is 12.8. The van der Waals surface area contributed by atoms with Gasteiger partial charge in [-0.25, -0.2) is 0 Å². The lowest BCUT2D eigenvalue weighted by Crippen LogP contribution is -2.19. The van der Waals surface area contributed by atoms with Gasteiger partial charge in [0.1, 0.15) is 0 Å². The molecule has 1 rings (SSSR count). The topological polar surface area (TPSA) is 24.1 Å². The minimum Gasteiger partial charge on any atom is -0.313 e. The second-order valence-corrected chi connectivity index (χ2v) is 5.02. The Kier molecular flexibility index (Phi) is 5.83. The van der Waals surface area contributed by atoms with E-state index in [0.717, 1.165) is 26.2 Å². The SMILES string of the molecule is CCNCc1c(C)c(C)c(CNCC)c(C)c1C. The fourth-order valence-corrected chi connectivity index (χ4v) is 2.50. The highest BCUT2D eigenvalue weighted by Gasteiger charge is 2.13. The van der Waals surface area contributed by atoms with Crippen LogP contribution in [0.3, 0.4) is 0 Å². The van der Waals surface area contributed by atoms with Gasteiger partial charge in [0.15, 0.2) is 0 Å². The standard InChI is InChI=1S/C16H28N2/c1-7-17-9-15-11(3)13(5)16(10-18-8-2)14(6)12(15)4/h17-18H,7-10H2,1-6H3. The van der Waals surface area contributed by atoms with Crippen LogP contribution in [0.4, 0.5) is 0 Å². The van der Waals surface area contributed by atoms with Gasteiger partial charge < -0.3 is 10.6 Å². The lowest BCUT2D eigenvalue weighted by Gasteiger charge is -2.21. The molecule has 0 bridgehead atoms. The van der Waals surface area contributed by atoms with Crippen molar-refractivity contribution in [2.24, 2.45) is 0 Å². The van der Waals surface area contributed by atoms with Crippen molar-refractivity contribution in [3.05, 3.63) is 33.4 Å². The van der Waals surface area contributed by atoms with Crippen LogP contribution in [0.2, 0.25) is 0 Å². The second-order valence-electron chi connectivity index (χ2n) is 5.02. The fraction of sp³-hybridized carbons (Fsp3) is 0.625. The van der Waals surface area contributed by atoms with Crippen LogP contribution in [0.1, 0.15) is 47.2 Å². The molecule has 0 saturated carbocycles. The van der Waals surface area contributed by atoms with E-state index in [2.05, 4.69) is 52.2 Å². The minimum absolute atomic E-state index is 0.983. The van der Waals surface area contributed by atoms with Gasteiger partial charge in [0.05, 0.1) is 0 Å². The van der Waals surface area contributed by atoms with Crippen LogP contribution in [-0.4, -0.2) is 13.1 Å². The number of hydrogen-bond acceptors (Lipinski definition) is 2. The van der Waals surface area contributed by atoms with Crippen molar-refractivity contribution in [3.63, 3.8) is 0 Å². The molecule has 0 unspecified atom stereocenters. The zero-order chi connectivity index (χ0) is 13.7. The number of hydrogen-bond donors (Lipinski definition) is 2. The highest BCUT2D eigenvalue weighted by atomic mass is 14.8. The van der Waals surface area contributed by atoms with Gasteiger partial charge in [-0.15, -0.1) is 0 Å². The van der Waals surface area contributed by atoms with Crippen LogP contribution in [0.15, 0.2) is 0 Å². The Morgan fingerprint density at radius 2 is 0.889 bits per heavy atom. The molecule has 1 aromatic rings. The first kappa shape index (κ1) is 15.2. The Bertz CT molecular complexity index is 340. The van der Waals surface area contributed by atoms with Gasteiger partial charge in [0, 0.05) is 13.1 Å². The summed E-state index contributed by atoms with van der Waals surface area (Å²) in [7, 11) is 0. The highest BCUT2D eigenvalue weighted by molar-refractivity contribution is 5.50. The summed E-state index contributed by atoms with van der Waals surface area (Å²) >= 11 is 0.